The van der Waals surface area contributed by atoms with Gasteiger partial charge in [0.05, 0.1) is 11.0 Å². The number of hydrogen-bond donors (Lipinski definition) is 1. The van der Waals surface area contributed by atoms with Crippen LogP contribution >= 0.6 is 0 Å². The second-order valence-electron chi connectivity index (χ2n) is 21.4. The molecule has 5 amide bonds. The minimum absolute atomic E-state index is 0.0465. The summed E-state index contributed by atoms with van der Waals surface area (Å²) in [4.78, 5) is 105. The van der Waals surface area contributed by atoms with Crippen molar-refractivity contribution in [2.75, 3.05) is 86.6 Å². The van der Waals surface area contributed by atoms with Gasteiger partial charge in [0.2, 0.25) is 5.91 Å². The quantitative estimate of drug-likeness (QED) is 0.0781. The Morgan fingerprint density at radius 2 is 1.22 bits per heavy atom. The van der Waals surface area contributed by atoms with Crippen molar-refractivity contribution < 1.29 is 47.7 Å². The summed E-state index contributed by atoms with van der Waals surface area (Å²) in [6, 6.07) is 30.7. The van der Waals surface area contributed by atoms with E-state index in [1.165, 1.54) is 23.3 Å². The summed E-state index contributed by atoms with van der Waals surface area (Å²) in [5.74, 6) is -1.74. The molecule has 5 heterocycles. The van der Waals surface area contributed by atoms with Crippen molar-refractivity contribution in [2.24, 2.45) is 0 Å². The third kappa shape index (κ3) is 14.9. The molecule has 3 saturated heterocycles. The predicted octanol–water partition coefficient (Wildman–Crippen LogP) is 5.94. The summed E-state index contributed by atoms with van der Waals surface area (Å²) in [6.45, 7) is 6.07. The number of aromatic nitrogens is 3. The van der Waals surface area contributed by atoms with Gasteiger partial charge in [-0.25, -0.2) is 19.1 Å². The molecule has 1 N–H and O–H groups in total. The molecule has 0 spiro atoms. The maximum atomic E-state index is 14.7. The number of likely N-dealkylation sites (tertiary alicyclic amines) is 2. The second-order valence-corrected chi connectivity index (χ2v) is 21.4. The number of ether oxygens (including phenoxy) is 4. The van der Waals surface area contributed by atoms with Gasteiger partial charge in [0, 0.05) is 83.0 Å². The number of nitrogens with zero attached hydrogens (tertiary/aromatic N) is 9. The zero-order valence-corrected chi connectivity index (χ0v) is 46.6. The van der Waals surface area contributed by atoms with E-state index in [4.69, 9.17) is 18.9 Å². The monoisotopic (exact) mass is 1110 g/mol. The highest BCUT2D eigenvalue weighted by molar-refractivity contribution is 5.88. The third-order valence-corrected chi connectivity index (χ3v) is 15.5. The van der Waals surface area contributed by atoms with E-state index in [1.807, 2.05) is 103 Å². The van der Waals surface area contributed by atoms with Gasteiger partial charge >= 0.3 is 30.2 Å². The first kappa shape index (κ1) is 57.4. The van der Waals surface area contributed by atoms with Gasteiger partial charge in [0.25, 0.3) is 5.56 Å². The lowest BCUT2D eigenvalue weighted by molar-refractivity contribution is -0.149. The van der Waals surface area contributed by atoms with Gasteiger partial charge < -0.3 is 48.8 Å². The van der Waals surface area contributed by atoms with Gasteiger partial charge in [-0.05, 0) is 105 Å². The van der Waals surface area contributed by atoms with Crippen LogP contribution in [0.15, 0.2) is 114 Å². The number of likely N-dealkylation sites (N-methyl/N-ethyl adjacent to an activating group) is 2. The second kappa shape index (κ2) is 26.8. The van der Waals surface area contributed by atoms with Crippen molar-refractivity contribution in [1.82, 2.24) is 49.1 Å². The average Bonchev–Trinajstić information content (AvgIpc) is 4.12. The van der Waals surface area contributed by atoms with E-state index in [-0.39, 0.29) is 69.6 Å². The van der Waals surface area contributed by atoms with E-state index in [1.54, 1.807) is 23.2 Å². The number of aryl methyl sites for hydroxylation is 1. The van der Waals surface area contributed by atoms with Gasteiger partial charge in [-0.15, -0.1) is 0 Å². The highest BCUT2D eigenvalue weighted by Crippen LogP contribution is 2.29. The third-order valence-electron chi connectivity index (χ3n) is 15.5. The molecule has 9 rings (SSSR count). The minimum Gasteiger partial charge on any atom is -0.445 e. The maximum Gasteiger partial charge on any atom is 0.410 e. The molecular formula is C60H72N10O11. The van der Waals surface area contributed by atoms with Crippen LogP contribution in [0.25, 0.3) is 21.8 Å². The summed E-state index contributed by atoms with van der Waals surface area (Å²) in [5.41, 5.74) is 4.74. The molecule has 0 saturated carbocycles. The Labute approximate surface area is 470 Å². The first-order valence-corrected chi connectivity index (χ1v) is 27.7. The number of benzene rings is 4. The number of rotatable bonds is 18. The number of pyridine rings is 1. The fraction of sp³-hybridized carbons (Fsp3) is 0.433. The van der Waals surface area contributed by atoms with Gasteiger partial charge in [-0.2, -0.15) is 5.10 Å². The Hall–Kier alpha value is -8.30. The Kier molecular flexibility index (Phi) is 19.0. The fourth-order valence-electron chi connectivity index (χ4n) is 10.9. The molecule has 81 heavy (non-hydrogen) atoms. The number of nitrogens with one attached hydrogen (secondary N) is 1. The Balaban J connectivity index is 0.835. The molecule has 0 bridgehead atoms. The van der Waals surface area contributed by atoms with E-state index in [2.05, 4.69) is 27.3 Å². The SMILES string of the molecule is Cc1cc(CC(NC(=O)N2CCC(c3cc4ccccc4n(COC(=O)CN(C)C(=O)OCc4ccccc4)c3=O)CC2)C(=O)N2CCN(C3CCN(C)CC3)CC2)cc2cn(COC(=O)CN(C)C(=O)OCc3ccccc3)nc12. The van der Waals surface area contributed by atoms with Crippen LogP contribution in [0.2, 0.25) is 0 Å². The molecule has 0 aliphatic carbocycles. The lowest BCUT2D eigenvalue weighted by atomic mass is 9.89. The molecule has 2 aromatic heterocycles. The van der Waals surface area contributed by atoms with E-state index >= 15 is 0 Å². The number of carbonyl (C=O) groups is 6. The molecule has 428 valence electrons. The van der Waals surface area contributed by atoms with Crippen molar-refractivity contribution in [2.45, 2.75) is 83.7 Å². The average molecular weight is 1110 g/mol. The number of amides is 5. The van der Waals surface area contributed by atoms with Crippen molar-refractivity contribution in [3.05, 3.63) is 147 Å². The Morgan fingerprint density at radius 3 is 1.84 bits per heavy atom. The molecule has 21 nitrogen and oxygen atoms in total. The van der Waals surface area contributed by atoms with Crippen LogP contribution in [-0.4, -0.2) is 178 Å². The normalized spacial score (nSPS) is 16.0. The predicted molar refractivity (Wildman–Crippen MR) is 302 cm³/mol. The number of para-hydroxylation sites is 1. The molecular weight excluding hydrogens is 1040 g/mol. The molecule has 3 fully saturated rings. The number of fused-ring (bicyclic) bond motifs is 2. The Bertz CT molecular complexity index is 3240. The first-order valence-electron chi connectivity index (χ1n) is 27.7. The fourth-order valence-corrected chi connectivity index (χ4v) is 10.9. The van der Waals surface area contributed by atoms with E-state index in [0.717, 1.165) is 81.8 Å². The van der Waals surface area contributed by atoms with Gasteiger partial charge in [0.15, 0.2) is 13.5 Å². The molecule has 21 heteroatoms. The van der Waals surface area contributed by atoms with Gasteiger partial charge in [-0.1, -0.05) is 84.9 Å². The highest BCUT2D eigenvalue weighted by atomic mass is 16.6. The van der Waals surface area contributed by atoms with E-state index < -0.39 is 30.2 Å². The smallest absolute Gasteiger partial charge is 0.410 e. The summed E-state index contributed by atoms with van der Waals surface area (Å²) in [5, 5.41) is 9.33. The van der Waals surface area contributed by atoms with Gasteiger partial charge in [0.1, 0.15) is 32.3 Å². The molecule has 0 radical (unpaired) electrons. The molecule has 3 aliphatic rings. The Morgan fingerprint density at radius 1 is 0.642 bits per heavy atom. The number of piperidine rings is 2. The topological polar surface area (TPSA) is 211 Å². The number of hydrogen-bond acceptors (Lipinski definition) is 14. The number of urea groups is 1. The van der Waals surface area contributed by atoms with Gasteiger partial charge in [-0.3, -0.25) is 28.6 Å². The van der Waals surface area contributed by atoms with Crippen LogP contribution in [0.3, 0.4) is 0 Å². The van der Waals surface area contributed by atoms with Crippen LogP contribution in [0.5, 0.6) is 0 Å². The summed E-state index contributed by atoms with van der Waals surface area (Å²) >= 11 is 0. The largest absolute Gasteiger partial charge is 0.445 e. The molecule has 4 aromatic carbocycles. The number of carbonyl (C=O) groups excluding carboxylic acids is 6. The molecule has 6 aromatic rings. The first-order chi connectivity index (χ1) is 39.1. The summed E-state index contributed by atoms with van der Waals surface area (Å²) in [7, 11) is 5.04. The summed E-state index contributed by atoms with van der Waals surface area (Å²) < 4.78 is 24.7. The van der Waals surface area contributed by atoms with Crippen LogP contribution in [-0.2, 0) is 66.4 Å². The van der Waals surface area contributed by atoms with Crippen molar-refractivity contribution in [1.29, 1.82) is 0 Å². The standard InChI is InChI=1S/C60H72N10O11/c1-42-31-45(32-48-35-69(62-55(42)48)40-80-53(71)36-64(3)59(76)78-38-43-13-7-5-8-14-43)33-51(57(74)67-29-27-66(28-30-67)49-21-23-63(2)24-22-49)61-58(75)68-25-19-46(20-26-68)50-34-47-17-11-12-18-52(47)70(56(50)73)41-81-54(72)37-65(4)60(77)79-39-44-15-9-6-10-16-44/h5-18,31-32,34-35,46,49,51H,19-30,33,36-41H2,1-4H3,(H,61,75). The number of piperazine rings is 1. The van der Waals surface area contributed by atoms with Crippen LogP contribution in [0, 0.1) is 6.92 Å². The molecule has 1 atom stereocenters. The lowest BCUT2D eigenvalue weighted by Gasteiger charge is -2.43. The van der Waals surface area contributed by atoms with E-state index in [0.29, 0.717) is 61.7 Å². The lowest BCUT2D eigenvalue weighted by Crippen LogP contribution is -2.59. The van der Waals surface area contributed by atoms with Crippen LogP contribution in [0.4, 0.5) is 14.4 Å². The summed E-state index contributed by atoms with van der Waals surface area (Å²) in [6.07, 6.45) is 3.72. The zero-order valence-electron chi connectivity index (χ0n) is 46.6. The van der Waals surface area contributed by atoms with Crippen LogP contribution < -0.4 is 10.9 Å². The minimum atomic E-state index is -0.899. The zero-order chi connectivity index (χ0) is 57.0. The number of esters is 2. The molecule has 1 unspecified atom stereocenters. The van der Waals surface area contributed by atoms with Crippen LogP contribution in [0.1, 0.15) is 59.4 Å². The van der Waals surface area contributed by atoms with Crippen molar-refractivity contribution >= 4 is 57.9 Å². The highest BCUT2D eigenvalue weighted by Gasteiger charge is 2.34. The van der Waals surface area contributed by atoms with E-state index in [9.17, 15) is 33.6 Å². The molecule has 3 aliphatic heterocycles. The van der Waals surface area contributed by atoms with Crippen molar-refractivity contribution in [3.8, 4) is 0 Å². The maximum absolute atomic E-state index is 14.7. The van der Waals surface area contributed by atoms with Crippen molar-refractivity contribution in [3.63, 3.8) is 0 Å².